The van der Waals surface area contributed by atoms with Gasteiger partial charge in [0.1, 0.15) is 5.52 Å². The lowest BCUT2D eigenvalue weighted by molar-refractivity contribution is 0.303. The van der Waals surface area contributed by atoms with Gasteiger partial charge in [0.15, 0.2) is 5.65 Å². The van der Waals surface area contributed by atoms with Gasteiger partial charge >= 0.3 is 0 Å². The van der Waals surface area contributed by atoms with Crippen LogP contribution in [0.15, 0.2) is 23.4 Å². The SMILES string of the molecule is Cc1ccc2[nH]c3nc(SCCN4CCCCCC4)nnc3c2c1. The third-order valence-corrected chi connectivity index (χ3v) is 5.51. The average molecular weight is 341 g/mol. The van der Waals surface area contributed by atoms with Crippen molar-refractivity contribution >= 4 is 33.8 Å². The number of hydrogen-bond donors (Lipinski definition) is 1. The summed E-state index contributed by atoms with van der Waals surface area (Å²) < 4.78 is 0. The van der Waals surface area contributed by atoms with Crippen LogP contribution in [0.3, 0.4) is 0 Å². The first-order valence-corrected chi connectivity index (χ1v) is 9.76. The Morgan fingerprint density at radius 2 is 1.96 bits per heavy atom. The molecule has 0 aliphatic carbocycles. The molecule has 1 aromatic carbocycles. The topological polar surface area (TPSA) is 57.7 Å². The number of thioether (sulfide) groups is 1. The van der Waals surface area contributed by atoms with Crippen molar-refractivity contribution in [3.63, 3.8) is 0 Å². The molecule has 1 saturated heterocycles. The third-order valence-electron chi connectivity index (χ3n) is 4.69. The number of fused-ring (bicyclic) bond motifs is 3. The second-order valence-electron chi connectivity index (χ2n) is 6.57. The summed E-state index contributed by atoms with van der Waals surface area (Å²) in [4.78, 5) is 10.6. The first kappa shape index (κ1) is 15.8. The minimum Gasteiger partial charge on any atom is -0.338 e. The van der Waals surface area contributed by atoms with Gasteiger partial charge in [0.25, 0.3) is 0 Å². The van der Waals surface area contributed by atoms with Crippen molar-refractivity contribution in [3.05, 3.63) is 23.8 Å². The van der Waals surface area contributed by atoms with E-state index in [0.29, 0.717) is 0 Å². The molecule has 6 heteroatoms. The molecule has 3 heterocycles. The van der Waals surface area contributed by atoms with Crippen LogP contribution in [-0.2, 0) is 0 Å². The smallest absolute Gasteiger partial charge is 0.211 e. The highest BCUT2D eigenvalue weighted by Gasteiger charge is 2.11. The van der Waals surface area contributed by atoms with Crippen molar-refractivity contribution in [2.24, 2.45) is 0 Å². The van der Waals surface area contributed by atoms with Gasteiger partial charge in [-0.1, -0.05) is 36.2 Å². The molecule has 126 valence electrons. The van der Waals surface area contributed by atoms with Gasteiger partial charge < -0.3 is 9.88 Å². The summed E-state index contributed by atoms with van der Waals surface area (Å²) in [6, 6.07) is 6.32. The molecule has 2 aromatic heterocycles. The largest absolute Gasteiger partial charge is 0.338 e. The van der Waals surface area contributed by atoms with Crippen molar-refractivity contribution in [1.82, 2.24) is 25.1 Å². The van der Waals surface area contributed by atoms with Crippen LogP contribution in [0, 0.1) is 6.92 Å². The number of nitrogens with one attached hydrogen (secondary N) is 1. The van der Waals surface area contributed by atoms with Crippen molar-refractivity contribution in [2.45, 2.75) is 37.8 Å². The number of likely N-dealkylation sites (tertiary alicyclic amines) is 1. The molecule has 24 heavy (non-hydrogen) atoms. The summed E-state index contributed by atoms with van der Waals surface area (Å²) in [6.07, 6.45) is 5.44. The molecule has 0 radical (unpaired) electrons. The maximum Gasteiger partial charge on any atom is 0.211 e. The standard InChI is InChI=1S/C18H23N5S/c1-13-6-7-15-14(12-13)16-17(19-15)20-18(22-21-16)24-11-10-23-8-4-2-3-5-9-23/h6-7,12H,2-5,8-11H2,1H3,(H,19,20,22). The summed E-state index contributed by atoms with van der Waals surface area (Å²) in [5, 5.41) is 10.6. The highest BCUT2D eigenvalue weighted by atomic mass is 32.2. The Morgan fingerprint density at radius 1 is 1.12 bits per heavy atom. The molecular weight excluding hydrogens is 318 g/mol. The zero-order chi connectivity index (χ0) is 16.4. The first-order valence-electron chi connectivity index (χ1n) is 8.77. The van der Waals surface area contributed by atoms with Gasteiger partial charge in [-0.25, -0.2) is 4.98 Å². The van der Waals surface area contributed by atoms with Gasteiger partial charge in [-0.3, -0.25) is 0 Å². The molecule has 1 aliphatic rings. The molecule has 5 nitrogen and oxygen atoms in total. The van der Waals surface area contributed by atoms with E-state index in [-0.39, 0.29) is 0 Å². The Morgan fingerprint density at radius 3 is 2.79 bits per heavy atom. The predicted molar refractivity (Wildman–Crippen MR) is 99.6 cm³/mol. The van der Waals surface area contributed by atoms with Gasteiger partial charge in [0.2, 0.25) is 5.16 Å². The Labute approximate surface area is 146 Å². The molecule has 0 bridgehead atoms. The summed E-state index contributed by atoms with van der Waals surface area (Å²) in [5.41, 5.74) is 4.00. The van der Waals surface area contributed by atoms with Gasteiger partial charge in [0, 0.05) is 23.2 Å². The zero-order valence-corrected chi connectivity index (χ0v) is 14.9. The third kappa shape index (κ3) is 3.39. The van der Waals surface area contributed by atoms with Crippen molar-refractivity contribution < 1.29 is 0 Å². The van der Waals surface area contributed by atoms with Gasteiger partial charge in [0.05, 0.1) is 0 Å². The molecule has 0 atom stereocenters. The van der Waals surface area contributed by atoms with E-state index in [4.69, 9.17) is 0 Å². The number of aromatic amines is 1. The lowest BCUT2D eigenvalue weighted by Gasteiger charge is -2.18. The number of hydrogen-bond acceptors (Lipinski definition) is 5. The van der Waals surface area contributed by atoms with E-state index in [1.165, 1.54) is 44.3 Å². The summed E-state index contributed by atoms with van der Waals surface area (Å²) in [6.45, 7) is 5.67. The van der Waals surface area contributed by atoms with Crippen LogP contribution < -0.4 is 0 Å². The van der Waals surface area contributed by atoms with E-state index in [2.05, 4.69) is 50.2 Å². The molecule has 0 amide bonds. The van der Waals surface area contributed by atoms with Gasteiger partial charge in [-0.05, 0) is 45.0 Å². The minimum atomic E-state index is 0.764. The van der Waals surface area contributed by atoms with E-state index in [1.54, 1.807) is 11.8 Å². The van der Waals surface area contributed by atoms with Crippen LogP contribution in [-0.4, -0.2) is 50.5 Å². The van der Waals surface area contributed by atoms with E-state index >= 15 is 0 Å². The number of rotatable bonds is 4. The lowest BCUT2D eigenvalue weighted by Crippen LogP contribution is -2.27. The van der Waals surface area contributed by atoms with E-state index in [9.17, 15) is 0 Å². The fourth-order valence-corrected chi connectivity index (χ4v) is 4.14. The summed E-state index contributed by atoms with van der Waals surface area (Å²) >= 11 is 1.70. The molecule has 3 aromatic rings. The molecule has 1 N–H and O–H groups in total. The maximum atomic E-state index is 4.66. The van der Waals surface area contributed by atoms with Crippen LogP contribution in [0.25, 0.3) is 22.1 Å². The van der Waals surface area contributed by atoms with Crippen LogP contribution in [0.4, 0.5) is 0 Å². The normalized spacial score (nSPS) is 16.7. The van der Waals surface area contributed by atoms with Gasteiger partial charge in [-0.15, -0.1) is 10.2 Å². The average Bonchev–Trinajstić information content (AvgIpc) is 2.75. The molecule has 0 unspecified atom stereocenters. The molecule has 4 rings (SSSR count). The Bertz CT molecular complexity index is 836. The van der Waals surface area contributed by atoms with Crippen LogP contribution in [0.2, 0.25) is 0 Å². The maximum absolute atomic E-state index is 4.66. The van der Waals surface area contributed by atoms with Gasteiger partial charge in [-0.2, -0.15) is 0 Å². The highest BCUT2D eigenvalue weighted by Crippen LogP contribution is 2.24. The summed E-state index contributed by atoms with van der Waals surface area (Å²) in [5.74, 6) is 1.02. The van der Waals surface area contributed by atoms with Crippen molar-refractivity contribution in [3.8, 4) is 0 Å². The molecule has 0 spiro atoms. The zero-order valence-electron chi connectivity index (χ0n) is 14.1. The number of aryl methyl sites for hydroxylation is 1. The fraction of sp³-hybridized carbons (Fsp3) is 0.500. The molecule has 1 fully saturated rings. The number of H-pyrrole nitrogens is 1. The van der Waals surface area contributed by atoms with Crippen LogP contribution >= 0.6 is 11.8 Å². The second-order valence-corrected chi connectivity index (χ2v) is 7.63. The Kier molecular flexibility index (Phi) is 4.67. The number of aromatic nitrogens is 4. The highest BCUT2D eigenvalue weighted by molar-refractivity contribution is 7.99. The van der Waals surface area contributed by atoms with E-state index in [0.717, 1.165) is 39.5 Å². The molecular formula is C18H23N5S. The fourth-order valence-electron chi connectivity index (χ4n) is 3.36. The monoisotopic (exact) mass is 341 g/mol. The van der Waals surface area contributed by atoms with E-state index in [1.807, 2.05) is 0 Å². The lowest BCUT2D eigenvalue weighted by atomic mass is 10.2. The Hall–Kier alpha value is -1.66. The quantitative estimate of drug-likeness (QED) is 0.732. The number of benzene rings is 1. The Balaban J connectivity index is 1.45. The first-order chi connectivity index (χ1) is 11.8. The van der Waals surface area contributed by atoms with Crippen LogP contribution in [0.5, 0.6) is 0 Å². The molecule has 0 saturated carbocycles. The van der Waals surface area contributed by atoms with Crippen LogP contribution in [0.1, 0.15) is 31.2 Å². The minimum absolute atomic E-state index is 0.764. The predicted octanol–water partition coefficient (Wildman–Crippen LogP) is 3.78. The van der Waals surface area contributed by atoms with E-state index < -0.39 is 0 Å². The molecule has 1 aliphatic heterocycles. The van der Waals surface area contributed by atoms with Crippen molar-refractivity contribution in [2.75, 3.05) is 25.4 Å². The second kappa shape index (κ2) is 7.07. The number of nitrogens with zero attached hydrogens (tertiary/aromatic N) is 4. The summed E-state index contributed by atoms with van der Waals surface area (Å²) in [7, 11) is 0. The van der Waals surface area contributed by atoms with Crippen molar-refractivity contribution in [1.29, 1.82) is 0 Å².